The van der Waals surface area contributed by atoms with Crippen LogP contribution in [0.4, 0.5) is 5.00 Å². The molecule has 0 unspecified atom stereocenters. The van der Waals surface area contributed by atoms with Gasteiger partial charge in [0.2, 0.25) is 0 Å². The van der Waals surface area contributed by atoms with Gasteiger partial charge in [-0.2, -0.15) is 0 Å². The first-order valence-electron chi connectivity index (χ1n) is 4.13. The molecule has 0 spiro atoms. The number of aromatic nitrogens is 4. The van der Waals surface area contributed by atoms with Crippen molar-refractivity contribution in [3.8, 4) is 0 Å². The van der Waals surface area contributed by atoms with Crippen LogP contribution in [0.15, 0.2) is 18.6 Å². The standard InChI is InChI=1S/C8H7N5OS/c1-5-2-10-6(3-9-5)8(14)12-7-4-11-13-15-7/h2-4H,1H3,(H,12,14). The molecule has 0 radical (unpaired) electrons. The SMILES string of the molecule is Cc1cnc(C(=O)Nc2cnns2)cn1. The van der Waals surface area contributed by atoms with Gasteiger partial charge in [-0.05, 0) is 6.92 Å². The highest BCUT2D eigenvalue weighted by Crippen LogP contribution is 2.10. The lowest BCUT2D eigenvalue weighted by molar-refractivity contribution is 0.102. The molecule has 0 aliphatic carbocycles. The maximum Gasteiger partial charge on any atom is 0.276 e. The van der Waals surface area contributed by atoms with Crippen molar-refractivity contribution in [1.82, 2.24) is 19.6 Å². The van der Waals surface area contributed by atoms with Crippen LogP contribution in [-0.4, -0.2) is 25.5 Å². The summed E-state index contributed by atoms with van der Waals surface area (Å²) in [5, 5.41) is 6.80. The van der Waals surface area contributed by atoms with E-state index in [1.807, 2.05) is 6.92 Å². The number of rotatable bonds is 2. The molecule has 2 rings (SSSR count). The van der Waals surface area contributed by atoms with E-state index in [9.17, 15) is 4.79 Å². The molecule has 0 bridgehead atoms. The third-order valence-corrected chi connectivity index (χ3v) is 2.19. The van der Waals surface area contributed by atoms with Crippen LogP contribution >= 0.6 is 11.5 Å². The largest absolute Gasteiger partial charge is 0.310 e. The fourth-order valence-electron chi connectivity index (χ4n) is 0.908. The third-order valence-electron chi connectivity index (χ3n) is 1.61. The minimum absolute atomic E-state index is 0.272. The molecule has 0 saturated carbocycles. The van der Waals surface area contributed by atoms with Gasteiger partial charge < -0.3 is 5.32 Å². The van der Waals surface area contributed by atoms with Crippen LogP contribution in [0.2, 0.25) is 0 Å². The van der Waals surface area contributed by atoms with E-state index in [0.717, 1.165) is 17.2 Å². The Morgan fingerprint density at radius 3 is 2.80 bits per heavy atom. The van der Waals surface area contributed by atoms with E-state index in [0.29, 0.717) is 5.00 Å². The lowest BCUT2D eigenvalue weighted by Gasteiger charge is -1.99. The molecule has 0 fully saturated rings. The highest BCUT2D eigenvalue weighted by Gasteiger charge is 2.08. The number of nitrogens with one attached hydrogen (secondary N) is 1. The molecular formula is C8H7N5OS. The second-order valence-corrected chi connectivity index (χ2v) is 3.56. The quantitative estimate of drug-likeness (QED) is 0.814. The predicted molar refractivity (Wildman–Crippen MR) is 54.6 cm³/mol. The molecule has 1 N–H and O–H groups in total. The molecule has 76 valence electrons. The van der Waals surface area contributed by atoms with Gasteiger partial charge in [0, 0.05) is 17.7 Å². The van der Waals surface area contributed by atoms with Crippen molar-refractivity contribution in [2.24, 2.45) is 0 Å². The van der Waals surface area contributed by atoms with E-state index in [1.165, 1.54) is 12.4 Å². The van der Waals surface area contributed by atoms with Gasteiger partial charge in [-0.25, -0.2) is 4.98 Å². The van der Waals surface area contributed by atoms with Crippen molar-refractivity contribution in [3.63, 3.8) is 0 Å². The van der Waals surface area contributed by atoms with Crippen molar-refractivity contribution in [1.29, 1.82) is 0 Å². The van der Waals surface area contributed by atoms with Gasteiger partial charge in [-0.1, -0.05) is 4.49 Å². The smallest absolute Gasteiger partial charge is 0.276 e. The van der Waals surface area contributed by atoms with Crippen molar-refractivity contribution in [2.75, 3.05) is 5.32 Å². The lowest BCUT2D eigenvalue weighted by Crippen LogP contribution is -2.13. The number of anilines is 1. The maximum absolute atomic E-state index is 11.6. The Labute approximate surface area is 89.6 Å². The Morgan fingerprint density at radius 2 is 2.20 bits per heavy atom. The van der Waals surface area contributed by atoms with Crippen LogP contribution in [0.1, 0.15) is 16.2 Å². The second kappa shape index (κ2) is 4.09. The number of hydrogen-bond donors (Lipinski definition) is 1. The zero-order valence-electron chi connectivity index (χ0n) is 7.84. The summed E-state index contributed by atoms with van der Waals surface area (Å²) in [6, 6.07) is 0. The van der Waals surface area contributed by atoms with Crippen LogP contribution in [0.3, 0.4) is 0 Å². The fraction of sp³-hybridized carbons (Fsp3) is 0.125. The van der Waals surface area contributed by atoms with Crippen LogP contribution < -0.4 is 5.32 Å². The van der Waals surface area contributed by atoms with Gasteiger partial charge >= 0.3 is 0 Å². The minimum atomic E-state index is -0.312. The molecule has 0 saturated heterocycles. The Bertz CT molecular complexity index is 452. The molecular weight excluding hydrogens is 214 g/mol. The van der Waals surface area contributed by atoms with E-state index in [1.54, 1.807) is 6.20 Å². The van der Waals surface area contributed by atoms with Gasteiger partial charge in [0.1, 0.15) is 10.7 Å². The average Bonchev–Trinajstić information content (AvgIpc) is 2.71. The van der Waals surface area contributed by atoms with E-state index in [4.69, 9.17) is 0 Å². The monoisotopic (exact) mass is 221 g/mol. The van der Waals surface area contributed by atoms with E-state index in [2.05, 4.69) is 24.9 Å². The molecule has 0 aliphatic heterocycles. The number of aryl methyl sites for hydroxylation is 1. The average molecular weight is 221 g/mol. The summed E-state index contributed by atoms with van der Waals surface area (Å²) >= 11 is 1.11. The maximum atomic E-state index is 11.6. The topological polar surface area (TPSA) is 80.7 Å². The molecule has 0 atom stereocenters. The minimum Gasteiger partial charge on any atom is -0.310 e. The summed E-state index contributed by atoms with van der Waals surface area (Å²) in [6.07, 6.45) is 4.45. The number of nitrogens with zero attached hydrogens (tertiary/aromatic N) is 4. The van der Waals surface area contributed by atoms with Gasteiger partial charge in [0.15, 0.2) is 0 Å². The van der Waals surface area contributed by atoms with E-state index < -0.39 is 0 Å². The summed E-state index contributed by atoms with van der Waals surface area (Å²) in [5.74, 6) is -0.312. The summed E-state index contributed by atoms with van der Waals surface area (Å²) < 4.78 is 3.62. The molecule has 2 heterocycles. The molecule has 1 amide bonds. The molecule has 2 aromatic rings. The van der Waals surface area contributed by atoms with Gasteiger partial charge in [-0.3, -0.25) is 9.78 Å². The highest BCUT2D eigenvalue weighted by molar-refractivity contribution is 7.10. The third kappa shape index (κ3) is 2.32. The normalized spacial score (nSPS) is 9.93. The van der Waals surface area contributed by atoms with Crippen LogP contribution in [0.25, 0.3) is 0 Å². The second-order valence-electron chi connectivity index (χ2n) is 2.78. The van der Waals surface area contributed by atoms with Gasteiger partial charge in [0.05, 0.1) is 18.1 Å². The summed E-state index contributed by atoms with van der Waals surface area (Å²) in [6.45, 7) is 1.81. The fourth-order valence-corrected chi connectivity index (χ4v) is 1.32. The Balaban J connectivity index is 2.11. The van der Waals surface area contributed by atoms with Crippen LogP contribution in [0.5, 0.6) is 0 Å². The molecule has 6 nitrogen and oxygen atoms in total. The number of amides is 1. The van der Waals surface area contributed by atoms with Crippen molar-refractivity contribution in [2.45, 2.75) is 6.92 Å². The zero-order chi connectivity index (χ0) is 10.7. The number of hydrogen-bond acceptors (Lipinski definition) is 6. The lowest BCUT2D eigenvalue weighted by atomic mass is 10.4. The zero-order valence-corrected chi connectivity index (χ0v) is 8.65. The molecule has 7 heteroatoms. The summed E-state index contributed by atoms with van der Waals surface area (Å²) in [7, 11) is 0. The van der Waals surface area contributed by atoms with E-state index in [-0.39, 0.29) is 11.6 Å². The first kappa shape index (κ1) is 9.66. The summed E-state index contributed by atoms with van der Waals surface area (Å²) in [4.78, 5) is 19.5. The molecule has 2 aromatic heterocycles. The van der Waals surface area contributed by atoms with E-state index >= 15 is 0 Å². The first-order chi connectivity index (χ1) is 7.25. The number of carbonyl (C=O) groups is 1. The van der Waals surface area contributed by atoms with Crippen LogP contribution in [0, 0.1) is 6.92 Å². The van der Waals surface area contributed by atoms with Crippen LogP contribution in [-0.2, 0) is 0 Å². The van der Waals surface area contributed by atoms with Crippen molar-refractivity contribution >= 4 is 22.4 Å². The molecule has 0 aliphatic rings. The predicted octanol–water partition coefficient (Wildman–Crippen LogP) is 0.889. The highest BCUT2D eigenvalue weighted by atomic mass is 32.1. The van der Waals surface area contributed by atoms with Gasteiger partial charge in [0.25, 0.3) is 5.91 Å². The van der Waals surface area contributed by atoms with Crippen molar-refractivity contribution < 1.29 is 4.79 Å². The van der Waals surface area contributed by atoms with Gasteiger partial charge in [-0.15, -0.1) is 5.10 Å². The summed E-state index contributed by atoms with van der Waals surface area (Å²) in [5.41, 5.74) is 1.04. The Hall–Kier alpha value is -1.89. The number of carbonyl (C=O) groups excluding carboxylic acids is 1. The Kier molecular flexibility index (Phi) is 2.64. The Morgan fingerprint density at radius 1 is 1.33 bits per heavy atom. The molecule has 0 aromatic carbocycles. The first-order valence-corrected chi connectivity index (χ1v) is 4.90. The molecule has 15 heavy (non-hydrogen) atoms. The van der Waals surface area contributed by atoms with Crippen molar-refractivity contribution in [3.05, 3.63) is 30.0 Å².